The summed E-state index contributed by atoms with van der Waals surface area (Å²) < 4.78 is 13.2. The van der Waals surface area contributed by atoms with Gasteiger partial charge in [-0.05, 0) is 12.1 Å². The SMILES string of the molecule is COc1cc(OC)cc(-n2c(=O)c(-c3nc4ccccc4[nH]3)c(O)n2C)c1. The number of aromatic hydroxyl groups is 1. The van der Waals surface area contributed by atoms with Gasteiger partial charge in [0.25, 0.3) is 5.56 Å². The van der Waals surface area contributed by atoms with Crippen molar-refractivity contribution < 1.29 is 14.6 Å². The monoisotopic (exact) mass is 366 g/mol. The smallest absolute Gasteiger partial charge is 0.286 e. The van der Waals surface area contributed by atoms with Crippen LogP contribution >= 0.6 is 0 Å². The van der Waals surface area contributed by atoms with Crippen LogP contribution in [0.3, 0.4) is 0 Å². The van der Waals surface area contributed by atoms with Gasteiger partial charge in [0.2, 0.25) is 5.88 Å². The van der Waals surface area contributed by atoms with E-state index in [1.807, 2.05) is 24.3 Å². The number of rotatable bonds is 4. The van der Waals surface area contributed by atoms with Gasteiger partial charge < -0.3 is 19.6 Å². The lowest BCUT2D eigenvalue weighted by Crippen LogP contribution is -2.20. The molecule has 2 N–H and O–H groups in total. The number of para-hydroxylation sites is 2. The van der Waals surface area contributed by atoms with Gasteiger partial charge in [-0.2, -0.15) is 0 Å². The molecule has 0 atom stereocenters. The fraction of sp³-hybridized carbons (Fsp3) is 0.158. The largest absolute Gasteiger partial charge is 0.497 e. The van der Waals surface area contributed by atoms with Gasteiger partial charge in [0.05, 0.1) is 30.9 Å². The quantitative estimate of drug-likeness (QED) is 0.579. The predicted octanol–water partition coefficient (Wildman–Crippen LogP) is 2.44. The molecule has 0 aliphatic carbocycles. The second-order valence-electron chi connectivity index (χ2n) is 6.01. The summed E-state index contributed by atoms with van der Waals surface area (Å²) in [5.41, 5.74) is 1.67. The van der Waals surface area contributed by atoms with Gasteiger partial charge in [0, 0.05) is 25.2 Å². The Balaban J connectivity index is 1.95. The molecule has 0 saturated carbocycles. The molecule has 2 aromatic heterocycles. The topological polar surface area (TPSA) is 94.3 Å². The average Bonchev–Trinajstić information content (AvgIpc) is 3.19. The molecule has 8 heteroatoms. The Bertz CT molecular complexity index is 1150. The van der Waals surface area contributed by atoms with E-state index in [0.29, 0.717) is 28.5 Å². The Morgan fingerprint density at radius 1 is 1.07 bits per heavy atom. The van der Waals surface area contributed by atoms with Crippen LogP contribution in [0.25, 0.3) is 28.1 Å². The van der Waals surface area contributed by atoms with Gasteiger partial charge in [0.15, 0.2) is 0 Å². The highest BCUT2D eigenvalue weighted by Gasteiger charge is 2.23. The van der Waals surface area contributed by atoms with Gasteiger partial charge in [-0.1, -0.05) is 12.1 Å². The van der Waals surface area contributed by atoms with Crippen molar-refractivity contribution in [1.82, 2.24) is 19.3 Å². The summed E-state index contributed by atoms with van der Waals surface area (Å²) in [6, 6.07) is 12.5. The predicted molar refractivity (Wildman–Crippen MR) is 101 cm³/mol. The number of imidazole rings is 1. The molecule has 138 valence electrons. The second-order valence-corrected chi connectivity index (χ2v) is 6.01. The molecule has 4 aromatic rings. The molecule has 0 aliphatic heterocycles. The molecule has 0 saturated heterocycles. The van der Waals surface area contributed by atoms with Crippen molar-refractivity contribution in [3.8, 4) is 34.5 Å². The Labute approximate surface area is 154 Å². The first-order valence-electron chi connectivity index (χ1n) is 8.23. The zero-order valence-corrected chi connectivity index (χ0v) is 15.1. The number of aromatic nitrogens is 4. The molecular formula is C19H18N4O4. The molecule has 0 amide bonds. The van der Waals surface area contributed by atoms with E-state index in [1.165, 1.54) is 23.6 Å². The number of hydrogen-bond donors (Lipinski definition) is 2. The molecule has 2 aromatic carbocycles. The summed E-state index contributed by atoms with van der Waals surface area (Å²) in [4.78, 5) is 20.6. The number of nitrogens with one attached hydrogen (secondary N) is 1. The van der Waals surface area contributed by atoms with Gasteiger partial charge in [-0.3, -0.25) is 4.79 Å². The minimum atomic E-state index is -0.413. The summed E-state index contributed by atoms with van der Waals surface area (Å²) in [7, 11) is 4.65. The van der Waals surface area contributed by atoms with Gasteiger partial charge >= 0.3 is 0 Å². The zero-order chi connectivity index (χ0) is 19.1. The van der Waals surface area contributed by atoms with Crippen LogP contribution in [0, 0.1) is 0 Å². The van der Waals surface area contributed by atoms with Gasteiger partial charge in [-0.25, -0.2) is 14.3 Å². The maximum atomic E-state index is 13.1. The lowest BCUT2D eigenvalue weighted by atomic mass is 10.2. The number of ether oxygens (including phenoxy) is 2. The minimum Gasteiger partial charge on any atom is -0.497 e. The number of methoxy groups -OCH3 is 2. The zero-order valence-electron chi connectivity index (χ0n) is 15.1. The minimum absolute atomic E-state index is 0.0930. The van der Waals surface area contributed by atoms with Crippen LogP contribution in [0.15, 0.2) is 47.3 Å². The Morgan fingerprint density at radius 2 is 1.74 bits per heavy atom. The lowest BCUT2D eigenvalue weighted by Gasteiger charge is -2.11. The van der Waals surface area contributed by atoms with E-state index in [2.05, 4.69) is 9.97 Å². The summed E-state index contributed by atoms with van der Waals surface area (Å²) in [5.74, 6) is 1.17. The first kappa shape index (κ1) is 16.8. The molecule has 0 unspecified atom stereocenters. The fourth-order valence-electron chi connectivity index (χ4n) is 3.08. The lowest BCUT2D eigenvalue weighted by molar-refractivity contribution is 0.390. The number of benzene rings is 2. The van der Waals surface area contributed by atoms with E-state index in [-0.39, 0.29) is 11.4 Å². The average molecular weight is 366 g/mol. The van der Waals surface area contributed by atoms with Gasteiger partial charge in [0.1, 0.15) is 22.9 Å². The number of aromatic amines is 1. The third kappa shape index (κ3) is 2.62. The molecular weight excluding hydrogens is 348 g/mol. The van der Waals surface area contributed by atoms with Crippen molar-refractivity contribution in [3.05, 3.63) is 52.8 Å². The number of hydrogen-bond acceptors (Lipinski definition) is 5. The van der Waals surface area contributed by atoms with Crippen LogP contribution in [0.1, 0.15) is 0 Å². The van der Waals surface area contributed by atoms with Gasteiger partial charge in [-0.15, -0.1) is 0 Å². The highest BCUT2D eigenvalue weighted by molar-refractivity contribution is 5.80. The van der Waals surface area contributed by atoms with Crippen LogP contribution in [0.4, 0.5) is 0 Å². The number of nitrogens with zero attached hydrogens (tertiary/aromatic N) is 3. The van der Waals surface area contributed by atoms with Crippen molar-refractivity contribution in [1.29, 1.82) is 0 Å². The summed E-state index contributed by atoms with van der Waals surface area (Å²) >= 11 is 0. The molecule has 27 heavy (non-hydrogen) atoms. The summed E-state index contributed by atoms with van der Waals surface area (Å²) in [6.45, 7) is 0. The number of fused-ring (bicyclic) bond motifs is 1. The normalized spacial score (nSPS) is 11.1. The first-order chi connectivity index (χ1) is 13.0. The van der Waals surface area contributed by atoms with E-state index in [0.717, 1.165) is 5.52 Å². The van der Waals surface area contributed by atoms with E-state index in [1.54, 1.807) is 25.2 Å². The van der Waals surface area contributed by atoms with Crippen LogP contribution in [0.2, 0.25) is 0 Å². The fourth-order valence-corrected chi connectivity index (χ4v) is 3.08. The molecule has 8 nitrogen and oxygen atoms in total. The third-order valence-corrected chi connectivity index (χ3v) is 4.44. The first-order valence-corrected chi connectivity index (χ1v) is 8.23. The molecule has 0 bridgehead atoms. The van der Waals surface area contributed by atoms with Crippen molar-refractivity contribution >= 4 is 11.0 Å². The molecule has 0 fully saturated rings. The number of H-pyrrole nitrogens is 1. The van der Waals surface area contributed by atoms with Crippen molar-refractivity contribution in [3.63, 3.8) is 0 Å². The van der Waals surface area contributed by atoms with Crippen LogP contribution < -0.4 is 15.0 Å². The van der Waals surface area contributed by atoms with Crippen LogP contribution in [-0.2, 0) is 7.05 Å². The van der Waals surface area contributed by atoms with E-state index in [9.17, 15) is 9.90 Å². The van der Waals surface area contributed by atoms with Crippen molar-refractivity contribution in [2.24, 2.45) is 7.05 Å². The molecule has 0 spiro atoms. The Kier molecular flexibility index (Phi) is 3.88. The van der Waals surface area contributed by atoms with Crippen LogP contribution in [0.5, 0.6) is 17.4 Å². The summed E-state index contributed by atoms with van der Waals surface area (Å²) in [6.07, 6.45) is 0. The molecule has 0 aliphatic rings. The Morgan fingerprint density at radius 3 is 2.37 bits per heavy atom. The van der Waals surface area contributed by atoms with Crippen molar-refractivity contribution in [2.45, 2.75) is 0 Å². The highest BCUT2D eigenvalue weighted by atomic mass is 16.5. The molecule has 0 radical (unpaired) electrons. The van der Waals surface area contributed by atoms with E-state index >= 15 is 0 Å². The Hall–Kier alpha value is -3.68. The van der Waals surface area contributed by atoms with E-state index < -0.39 is 5.56 Å². The van der Waals surface area contributed by atoms with Crippen molar-refractivity contribution in [2.75, 3.05) is 14.2 Å². The molecule has 4 rings (SSSR count). The standard InChI is InChI=1S/C19H18N4O4/c1-22-18(24)16(17-20-14-6-4-5-7-15(14)21-17)19(25)23(22)11-8-12(26-2)10-13(9-11)27-3/h4-10,24H,1-3H3,(H,20,21). The second kappa shape index (κ2) is 6.24. The maximum Gasteiger partial charge on any atom is 0.286 e. The van der Waals surface area contributed by atoms with Crippen LogP contribution in [-0.4, -0.2) is 38.7 Å². The third-order valence-electron chi connectivity index (χ3n) is 4.44. The highest BCUT2D eigenvalue weighted by Crippen LogP contribution is 2.29. The summed E-state index contributed by atoms with van der Waals surface area (Å²) in [5, 5.41) is 10.6. The van der Waals surface area contributed by atoms with E-state index in [4.69, 9.17) is 9.47 Å². The molecule has 2 heterocycles. The maximum absolute atomic E-state index is 13.1.